The quantitative estimate of drug-likeness (QED) is 0.566. The molecular weight excluding hydrogens is 361 g/mol. The van der Waals surface area contributed by atoms with Crippen LogP contribution in [-0.4, -0.2) is 80.7 Å². The summed E-state index contributed by atoms with van der Waals surface area (Å²) in [6.07, 6.45) is 1.69. The number of rotatable bonds is 6. The van der Waals surface area contributed by atoms with Crippen LogP contribution >= 0.6 is 0 Å². The minimum Gasteiger partial charge on any atom is -0.465 e. The van der Waals surface area contributed by atoms with Crippen LogP contribution in [0.1, 0.15) is 38.1 Å². The van der Waals surface area contributed by atoms with Crippen LogP contribution in [0.3, 0.4) is 0 Å². The van der Waals surface area contributed by atoms with Crippen LogP contribution in [0.15, 0.2) is 12.3 Å². The Balaban J connectivity index is 1.72. The Labute approximate surface area is 167 Å². The smallest absolute Gasteiger partial charge is 0.465 e. The van der Waals surface area contributed by atoms with Crippen molar-refractivity contribution in [3.8, 4) is 0 Å². The van der Waals surface area contributed by atoms with Crippen LogP contribution in [0.2, 0.25) is 0 Å². The first kappa shape index (κ1) is 21.0. The molecule has 0 atom stereocenters. The lowest BCUT2D eigenvalue weighted by Gasteiger charge is -2.32. The van der Waals surface area contributed by atoms with Crippen LogP contribution < -0.4 is 10.8 Å². The lowest BCUT2D eigenvalue weighted by Crippen LogP contribution is -2.41. The number of aromatic nitrogens is 1. The summed E-state index contributed by atoms with van der Waals surface area (Å²) in [5.74, 6) is 0.0557. The van der Waals surface area contributed by atoms with Crippen molar-refractivity contribution in [2.75, 3.05) is 51.8 Å². The third-order valence-corrected chi connectivity index (χ3v) is 5.66. The van der Waals surface area contributed by atoms with Crippen LogP contribution in [0.5, 0.6) is 0 Å². The van der Waals surface area contributed by atoms with E-state index in [-0.39, 0.29) is 0 Å². The molecule has 3 rings (SSSR count). The second kappa shape index (κ2) is 8.36. The molecule has 0 radical (unpaired) electrons. The highest BCUT2D eigenvalue weighted by atomic mass is 16.7. The van der Waals surface area contributed by atoms with Gasteiger partial charge in [0.1, 0.15) is 11.4 Å². The summed E-state index contributed by atoms with van der Waals surface area (Å²) in [4.78, 5) is 19.1. The molecule has 0 unspecified atom stereocenters. The average molecular weight is 391 g/mol. The summed E-state index contributed by atoms with van der Waals surface area (Å²) in [7, 11) is 0.782. The molecule has 8 nitrogen and oxygen atoms in total. The lowest BCUT2D eigenvalue weighted by atomic mass is 9.79. The third kappa shape index (κ3) is 4.48. The van der Waals surface area contributed by atoms with E-state index in [9.17, 15) is 4.79 Å². The number of nitrogens with one attached hydrogen (secondary N) is 1. The molecule has 1 aromatic rings. The van der Waals surface area contributed by atoms with Crippen molar-refractivity contribution in [3.63, 3.8) is 0 Å². The van der Waals surface area contributed by atoms with Crippen LogP contribution in [-0.2, 0) is 18.8 Å². The summed E-state index contributed by atoms with van der Waals surface area (Å²) >= 11 is 0. The number of carbonyl (C=O) groups is 1. The molecule has 0 aliphatic carbocycles. The van der Waals surface area contributed by atoms with Gasteiger partial charge in [-0.3, -0.25) is 4.90 Å². The number of carbonyl (C=O) groups excluding carboxylic acids is 1. The van der Waals surface area contributed by atoms with Crippen molar-refractivity contribution in [3.05, 3.63) is 17.8 Å². The SMILES string of the molecule is COC(=O)c1cc(B2OC(C)(C)C(C)(C)O2)cnc1NCCN1CCOCC1. The minimum absolute atomic E-state index is 0.372. The Bertz CT molecular complexity index is 691. The molecule has 154 valence electrons. The Morgan fingerprint density at radius 3 is 2.50 bits per heavy atom. The van der Waals surface area contributed by atoms with Gasteiger partial charge < -0.3 is 24.1 Å². The highest BCUT2D eigenvalue weighted by molar-refractivity contribution is 6.62. The average Bonchev–Trinajstić information content (AvgIpc) is 2.89. The predicted octanol–water partition coefficient (Wildman–Crippen LogP) is 0.912. The first-order chi connectivity index (χ1) is 13.2. The van der Waals surface area contributed by atoms with E-state index < -0.39 is 24.3 Å². The summed E-state index contributed by atoms with van der Waals surface area (Å²) in [6.45, 7) is 12.8. The summed E-state index contributed by atoms with van der Waals surface area (Å²) in [5.41, 5.74) is 0.144. The Morgan fingerprint density at radius 2 is 1.89 bits per heavy atom. The fourth-order valence-corrected chi connectivity index (χ4v) is 3.15. The standard InChI is InChI=1S/C19H30BN3O5/c1-18(2)19(3,4)28-20(27-18)14-12-15(17(24)25-5)16(22-13-14)21-6-7-23-8-10-26-11-9-23/h12-13H,6-11H2,1-5H3,(H,21,22). The van der Waals surface area contributed by atoms with Crippen molar-refractivity contribution in [2.45, 2.75) is 38.9 Å². The first-order valence-corrected chi connectivity index (χ1v) is 9.71. The molecule has 0 amide bonds. The molecule has 2 saturated heterocycles. The molecule has 0 saturated carbocycles. The third-order valence-electron chi connectivity index (χ3n) is 5.66. The van der Waals surface area contributed by atoms with E-state index in [0.29, 0.717) is 23.4 Å². The zero-order valence-corrected chi connectivity index (χ0v) is 17.4. The zero-order valence-electron chi connectivity index (χ0n) is 17.4. The monoisotopic (exact) mass is 391 g/mol. The van der Waals surface area contributed by atoms with Crippen LogP contribution in [0, 0.1) is 0 Å². The molecule has 0 aromatic carbocycles. The number of methoxy groups -OCH3 is 1. The van der Waals surface area contributed by atoms with E-state index in [1.54, 1.807) is 12.3 Å². The van der Waals surface area contributed by atoms with E-state index in [1.807, 2.05) is 27.7 Å². The predicted molar refractivity (Wildman–Crippen MR) is 107 cm³/mol. The van der Waals surface area contributed by atoms with Crippen molar-refractivity contribution in [2.24, 2.45) is 0 Å². The molecule has 2 aliphatic heterocycles. The molecular formula is C19H30BN3O5. The second-order valence-electron chi connectivity index (χ2n) is 8.13. The molecule has 28 heavy (non-hydrogen) atoms. The lowest BCUT2D eigenvalue weighted by molar-refractivity contribution is 0.00578. The summed E-state index contributed by atoms with van der Waals surface area (Å²) in [6, 6.07) is 1.73. The first-order valence-electron chi connectivity index (χ1n) is 9.71. The largest absolute Gasteiger partial charge is 0.496 e. The molecule has 0 spiro atoms. The van der Waals surface area contributed by atoms with E-state index in [4.69, 9.17) is 18.8 Å². The highest BCUT2D eigenvalue weighted by Gasteiger charge is 2.52. The van der Waals surface area contributed by atoms with Gasteiger partial charge in [0.2, 0.25) is 0 Å². The van der Waals surface area contributed by atoms with E-state index in [1.165, 1.54) is 7.11 Å². The van der Waals surface area contributed by atoms with Gasteiger partial charge in [0.15, 0.2) is 0 Å². The number of esters is 1. The number of anilines is 1. The number of pyridine rings is 1. The van der Waals surface area contributed by atoms with E-state index >= 15 is 0 Å². The Kier molecular flexibility index (Phi) is 6.29. The van der Waals surface area contributed by atoms with E-state index in [0.717, 1.165) is 32.8 Å². The van der Waals surface area contributed by atoms with Crippen molar-refractivity contribution >= 4 is 24.4 Å². The van der Waals surface area contributed by atoms with Crippen molar-refractivity contribution in [1.29, 1.82) is 0 Å². The van der Waals surface area contributed by atoms with E-state index in [2.05, 4.69) is 15.2 Å². The molecule has 1 aromatic heterocycles. The van der Waals surface area contributed by atoms with Gasteiger partial charge in [0.05, 0.1) is 31.5 Å². The van der Waals surface area contributed by atoms with Crippen LogP contribution in [0.25, 0.3) is 0 Å². The van der Waals surface area contributed by atoms with Crippen molar-refractivity contribution < 1.29 is 23.6 Å². The van der Waals surface area contributed by atoms with Crippen molar-refractivity contribution in [1.82, 2.24) is 9.88 Å². The van der Waals surface area contributed by atoms with Gasteiger partial charge in [0.25, 0.3) is 0 Å². The number of morpholine rings is 1. The second-order valence-corrected chi connectivity index (χ2v) is 8.13. The van der Waals surface area contributed by atoms with Gasteiger partial charge in [-0.2, -0.15) is 0 Å². The molecule has 2 aliphatic rings. The number of nitrogens with zero attached hydrogens (tertiary/aromatic N) is 2. The van der Waals surface area contributed by atoms with Gasteiger partial charge >= 0.3 is 13.1 Å². The molecule has 3 heterocycles. The van der Waals surface area contributed by atoms with Gasteiger partial charge in [-0.1, -0.05) is 0 Å². The Hall–Kier alpha value is -1.68. The maximum Gasteiger partial charge on any atom is 0.496 e. The zero-order chi connectivity index (χ0) is 20.4. The molecule has 0 bridgehead atoms. The normalized spacial score (nSPS) is 21.5. The Morgan fingerprint density at radius 1 is 1.25 bits per heavy atom. The number of hydrogen-bond donors (Lipinski definition) is 1. The topological polar surface area (TPSA) is 82.2 Å². The van der Waals surface area contributed by atoms with Gasteiger partial charge in [-0.25, -0.2) is 9.78 Å². The maximum absolute atomic E-state index is 12.3. The number of ether oxygens (including phenoxy) is 2. The van der Waals surface area contributed by atoms with Gasteiger partial charge in [-0.05, 0) is 33.8 Å². The van der Waals surface area contributed by atoms with Gasteiger partial charge in [0, 0.05) is 37.8 Å². The molecule has 1 N–H and O–H groups in total. The van der Waals surface area contributed by atoms with Gasteiger partial charge in [-0.15, -0.1) is 0 Å². The number of hydrogen-bond acceptors (Lipinski definition) is 8. The molecule has 2 fully saturated rings. The van der Waals surface area contributed by atoms with Crippen LogP contribution in [0.4, 0.5) is 5.82 Å². The summed E-state index contributed by atoms with van der Waals surface area (Å²) in [5, 5.41) is 3.25. The fourth-order valence-electron chi connectivity index (χ4n) is 3.15. The minimum atomic E-state index is -0.580. The maximum atomic E-state index is 12.3. The highest BCUT2D eigenvalue weighted by Crippen LogP contribution is 2.36. The summed E-state index contributed by atoms with van der Waals surface area (Å²) < 4.78 is 22.4. The molecule has 9 heteroatoms. The fraction of sp³-hybridized carbons (Fsp3) is 0.684.